The number of nitrogens with zero attached hydrogens (tertiary/aromatic N) is 1. The molecule has 1 saturated heterocycles. The number of benzene rings is 1. The lowest BCUT2D eigenvalue weighted by Crippen LogP contribution is -2.41. The number of carbonyl (C=O) groups is 2. The molecule has 0 aromatic heterocycles. The maximum Gasteiger partial charge on any atom is 0.247 e. The average Bonchev–Trinajstić information content (AvgIpc) is 2.79. The van der Waals surface area contributed by atoms with E-state index in [9.17, 15) is 9.59 Å². The predicted octanol–water partition coefficient (Wildman–Crippen LogP) is 1.33. The van der Waals surface area contributed by atoms with Gasteiger partial charge >= 0.3 is 0 Å². The molecule has 0 aliphatic carbocycles. The second kappa shape index (κ2) is 6.79. The summed E-state index contributed by atoms with van der Waals surface area (Å²) in [6.07, 6.45) is 0.204. The molecule has 0 bridgehead atoms. The van der Waals surface area contributed by atoms with Crippen LogP contribution in [0.2, 0.25) is 0 Å². The van der Waals surface area contributed by atoms with E-state index in [0.717, 1.165) is 5.56 Å². The fourth-order valence-corrected chi connectivity index (χ4v) is 2.58. The summed E-state index contributed by atoms with van der Waals surface area (Å²) in [5.41, 5.74) is 0.909. The number of imide groups is 1. The number of carbonyl (C=O) groups excluding carboxylic acids is 2. The van der Waals surface area contributed by atoms with E-state index in [4.69, 9.17) is 9.47 Å². The predicted molar refractivity (Wildman–Crippen MR) is 81.8 cm³/mol. The quantitative estimate of drug-likeness (QED) is 0.803. The SMILES string of the molecule is COc1ccc(CNC2CC(=O)N(C(C)C)C2=O)c(OC)c1. The van der Waals surface area contributed by atoms with Crippen molar-refractivity contribution in [3.63, 3.8) is 0 Å². The molecule has 0 radical (unpaired) electrons. The minimum atomic E-state index is -0.471. The first-order valence-corrected chi connectivity index (χ1v) is 7.28. The maximum atomic E-state index is 12.2. The van der Waals surface area contributed by atoms with Crippen LogP contribution in [0, 0.1) is 0 Å². The van der Waals surface area contributed by atoms with Crippen molar-refractivity contribution in [3.8, 4) is 11.5 Å². The Morgan fingerprint density at radius 2 is 2.00 bits per heavy atom. The highest BCUT2D eigenvalue weighted by Gasteiger charge is 2.39. The van der Waals surface area contributed by atoms with E-state index in [1.54, 1.807) is 20.3 Å². The molecule has 1 aromatic rings. The largest absolute Gasteiger partial charge is 0.497 e. The summed E-state index contributed by atoms with van der Waals surface area (Å²) in [6.45, 7) is 4.12. The average molecular weight is 306 g/mol. The fraction of sp³-hybridized carbons (Fsp3) is 0.500. The topological polar surface area (TPSA) is 67.9 Å². The normalized spacial score (nSPS) is 18.2. The third-order valence-electron chi connectivity index (χ3n) is 3.73. The molecule has 1 fully saturated rings. The number of hydrogen-bond donors (Lipinski definition) is 1. The van der Waals surface area contributed by atoms with Crippen LogP contribution in [-0.4, -0.2) is 43.0 Å². The van der Waals surface area contributed by atoms with Gasteiger partial charge in [-0.15, -0.1) is 0 Å². The molecule has 1 atom stereocenters. The molecule has 1 unspecified atom stereocenters. The summed E-state index contributed by atoms with van der Waals surface area (Å²) in [5, 5.41) is 3.14. The van der Waals surface area contributed by atoms with Crippen molar-refractivity contribution in [3.05, 3.63) is 23.8 Å². The van der Waals surface area contributed by atoms with Gasteiger partial charge in [0.05, 0.1) is 26.7 Å². The highest BCUT2D eigenvalue weighted by atomic mass is 16.5. The third-order valence-corrected chi connectivity index (χ3v) is 3.73. The van der Waals surface area contributed by atoms with E-state index < -0.39 is 6.04 Å². The Hall–Kier alpha value is -2.08. The van der Waals surface area contributed by atoms with Crippen LogP contribution in [0.4, 0.5) is 0 Å². The van der Waals surface area contributed by atoms with Crippen LogP contribution in [0.1, 0.15) is 25.8 Å². The number of rotatable bonds is 6. The lowest BCUT2D eigenvalue weighted by atomic mass is 10.1. The molecular weight excluding hydrogens is 284 g/mol. The van der Waals surface area contributed by atoms with Crippen LogP contribution in [0.5, 0.6) is 11.5 Å². The smallest absolute Gasteiger partial charge is 0.247 e. The van der Waals surface area contributed by atoms with Crippen LogP contribution in [0.3, 0.4) is 0 Å². The van der Waals surface area contributed by atoms with Gasteiger partial charge in [0.2, 0.25) is 11.8 Å². The van der Waals surface area contributed by atoms with Gasteiger partial charge in [-0.25, -0.2) is 0 Å². The van der Waals surface area contributed by atoms with Gasteiger partial charge in [0.15, 0.2) is 0 Å². The van der Waals surface area contributed by atoms with Gasteiger partial charge in [0, 0.05) is 24.2 Å². The first-order valence-electron chi connectivity index (χ1n) is 7.28. The second-order valence-electron chi connectivity index (χ2n) is 5.51. The third kappa shape index (κ3) is 3.22. The summed E-state index contributed by atoms with van der Waals surface area (Å²) >= 11 is 0. The zero-order valence-corrected chi connectivity index (χ0v) is 13.4. The molecule has 1 N–H and O–H groups in total. The first kappa shape index (κ1) is 16.3. The fourth-order valence-electron chi connectivity index (χ4n) is 2.58. The molecule has 6 nitrogen and oxygen atoms in total. The lowest BCUT2D eigenvalue weighted by molar-refractivity contribution is -0.140. The van der Waals surface area contributed by atoms with Crippen molar-refractivity contribution in [1.82, 2.24) is 10.2 Å². The number of hydrogen-bond acceptors (Lipinski definition) is 5. The molecule has 0 spiro atoms. The first-order chi connectivity index (χ1) is 10.5. The highest BCUT2D eigenvalue weighted by Crippen LogP contribution is 2.25. The van der Waals surface area contributed by atoms with E-state index in [2.05, 4.69) is 5.32 Å². The monoisotopic (exact) mass is 306 g/mol. The zero-order valence-electron chi connectivity index (χ0n) is 13.4. The maximum absolute atomic E-state index is 12.2. The minimum absolute atomic E-state index is 0.109. The van der Waals surface area contributed by atoms with Crippen molar-refractivity contribution in [2.24, 2.45) is 0 Å². The highest BCUT2D eigenvalue weighted by molar-refractivity contribution is 6.05. The number of likely N-dealkylation sites (tertiary alicyclic amines) is 1. The summed E-state index contributed by atoms with van der Waals surface area (Å²) in [5.74, 6) is 1.11. The van der Waals surface area contributed by atoms with Crippen LogP contribution in [0.15, 0.2) is 18.2 Å². The van der Waals surface area contributed by atoms with Crippen LogP contribution in [-0.2, 0) is 16.1 Å². The summed E-state index contributed by atoms with van der Waals surface area (Å²) in [6, 6.07) is 4.93. The Labute approximate surface area is 130 Å². The number of ether oxygens (including phenoxy) is 2. The summed E-state index contributed by atoms with van der Waals surface area (Å²) in [7, 11) is 3.18. The summed E-state index contributed by atoms with van der Waals surface area (Å²) in [4.78, 5) is 25.4. The van der Waals surface area contributed by atoms with Crippen molar-refractivity contribution in [1.29, 1.82) is 0 Å². The summed E-state index contributed by atoms with van der Waals surface area (Å²) < 4.78 is 10.5. The van der Waals surface area contributed by atoms with Gasteiger partial charge in [-0.2, -0.15) is 0 Å². The van der Waals surface area contributed by atoms with Gasteiger partial charge in [-0.3, -0.25) is 14.5 Å². The molecule has 2 rings (SSSR count). The number of methoxy groups -OCH3 is 2. The van der Waals surface area contributed by atoms with Crippen molar-refractivity contribution < 1.29 is 19.1 Å². The van der Waals surface area contributed by atoms with E-state index in [0.29, 0.717) is 18.0 Å². The van der Waals surface area contributed by atoms with Gasteiger partial charge in [-0.05, 0) is 19.9 Å². The van der Waals surface area contributed by atoms with E-state index in [1.165, 1.54) is 4.90 Å². The lowest BCUT2D eigenvalue weighted by Gasteiger charge is -2.19. The van der Waals surface area contributed by atoms with Crippen molar-refractivity contribution >= 4 is 11.8 Å². The van der Waals surface area contributed by atoms with E-state index in [1.807, 2.05) is 26.0 Å². The van der Waals surface area contributed by atoms with Crippen molar-refractivity contribution in [2.45, 2.75) is 38.9 Å². The van der Waals surface area contributed by atoms with Gasteiger partial charge < -0.3 is 14.8 Å². The molecule has 1 aromatic carbocycles. The molecule has 1 heterocycles. The zero-order chi connectivity index (χ0) is 16.3. The van der Waals surface area contributed by atoms with E-state index in [-0.39, 0.29) is 24.3 Å². The second-order valence-corrected chi connectivity index (χ2v) is 5.51. The molecule has 22 heavy (non-hydrogen) atoms. The molecule has 6 heteroatoms. The Bertz CT molecular complexity index is 571. The van der Waals surface area contributed by atoms with Gasteiger partial charge in [0.25, 0.3) is 0 Å². The van der Waals surface area contributed by atoms with Crippen LogP contribution >= 0.6 is 0 Å². The van der Waals surface area contributed by atoms with Crippen molar-refractivity contribution in [2.75, 3.05) is 14.2 Å². The molecule has 0 saturated carbocycles. The Balaban J connectivity index is 2.05. The molecule has 1 aliphatic heterocycles. The molecule has 120 valence electrons. The van der Waals surface area contributed by atoms with Gasteiger partial charge in [0.1, 0.15) is 11.5 Å². The Morgan fingerprint density at radius 3 is 2.55 bits per heavy atom. The minimum Gasteiger partial charge on any atom is -0.497 e. The standard InChI is InChI=1S/C16H22N2O4/c1-10(2)18-15(19)8-13(16(18)20)17-9-11-5-6-12(21-3)7-14(11)22-4/h5-7,10,13,17H,8-9H2,1-4H3. The Kier molecular flexibility index (Phi) is 5.03. The molecule has 1 aliphatic rings. The number of amides is 2. The van der Waals surface area contributed by atoms with Gasteiger partial charge in [-0.1, -0.05) is 6.07 Å². The van der Waals surface area contributed by atoms with Crippen LogP contribution < -0.4 is 14.8 Å². The van der Waals surface area contributed by atoms with Crippen LogP contribution in [0.25, 0.3) is 0 Å². The Morgan fingerprint density at radius 1 is 1.27 bits per heavy atom. The number of nitrogens with one attached hydrogen (secondary N) is 1. The molecular formula is C16H22N2O4. The van der Waals surface area contributed by atoms with E-state index >= 15 is 0 Å². The molecule has 2 amide bonds.